The fraction of sp³-hybridized carbons (Fsp3) is 0.280. The SMILES string of the molecule is CC.CC(C)c1cc(O)ccc1Cl.COc1ccc(C)cc1.Oc1cc(F)cc(F)c1. The van der Waals surface area contributed by atoms with Crippen molar-refractivity contribution >= 4 is 11.6 Å². The molecule has 0 radical (unpaired) electrons. The zero-order valence-corrected chi connectivity index (χ0v) is 19.5. The lowest BCUT2D eigenvalue weighted by atomic mass is 10.0. The molecule has 3 nitrogen and oxygen atoms in total. The van der Waals surface area contributed by atoms with Crippen molar-refractivity contribution in [2.75, 3.05) is 7.11 Å². The lowest BCUT2D eigenvalue weighted by Gasteiger charge is -2.07. The molecule has 0 saturated carbocycles. The summed E-state index contributed by atoms with van der Waals surface area (Å²) in [5.41, 5.74) is 2.25. The first-order chi connectivity index (χ1) is 14.6. The lowest BCUT2D eigenvalue weighted by Crippen LogP contribution is -1.87. The minimum atomic E-state index is -0.771. The molecule has 170 valence electrons. The first-order valence-corrected chi connectivity index (χ1v) is 10.2. The maximum atomic E-state index is 12.0. The lowest BCUT2D eigenvalue weighted by molar-refractivity contribution is 0.414. The fourth-order valence-corrected chi connectivity index (χ4v) is 2.52. The highest BCUT2D eigenvalue weighted by molar-refractivity contribution is 6.31. The van der Waals surface area contributed by atoms with Gasteiger partial charge in [-0.3, -0.25) is 0 Å². The fourth-order valence-electron chi connectivity index (χ4n) is 2.19. The summed E-state index contributed by atoms with van der Waals surface area (Å²) in [6, 6.07) is 15.3. The Morgan fingerprint density at radius 3 is 1.71 bits per heavy atom. The van der Waals surface area contributed by atoms with E-state index in [-0.39, 0.29) is 5.75 Å². The van der Waals surface area contributed by atoms with E-state index in [2.05, 4.69) is 6.92 Å². The Balaban J connectivity index is 0.000000421. The van der Waals surface area contributed by atoms with Gasteiger partial charge in [-0.05, 0) is 48.7 Å². The highest BCUT2D eigenvalue weighted by atomic mass is 35.5. The number of phenolic OH excluding ortho intramolecular Hbond substituents is 2. The first-order valence-electron chi connectivity index (χ1n) is 9.86. The number of aryl methyl sites for hydroxylation is 1. The standard InChI is InChI=1S/C9H11ClO.C8H10O.C6H4F2O.C2H6/c1-6(2)8-5-7(11)3-4-9(8)10;1-7-3-5-8(9-2)6-4-7;7-4-1-5(8)3-6(9)2-4;1-2/h3-6,11H,1-2H3;3-6H,1-2H3;1-3,9H;1-2H3. The summed E-state index contributed by atoms with van der Waals surface area (Å²) < 4.78 is 29.0. The van der Waals surface area contributed by atoms with Crippen LogP contribution in [0.4, 0.5) is 8.78 Å². The number of phenols is 2. The quantitative estimate of drug-likeness (QED) is 0.416. The number of hydrogen-bond acceptors (Lipinski definition) is 3. The summed E-state index contributed by atoms with van der Waals surface area (Å²) in [4.78, 5) is 0. The highest BCUT2D eigenvalue weighted by Crippen LogP contribution is 2.27. The molecule has 0 fully saturated rings. The zero-order chi connectivity index (χ0) is 24.0. The van der Waals surface area contributed by atoms with Crippen LogP contribution in [0.15, 0.2) is 60.7 Å². The zero-order valence-electron chi connectivity index (χ0n) is 18.8. The van der Waals surface area contributed by atoms with Crippen molar-refractivity contribution in [1.82, 2.24) is 0 Å². The molecule has 0 aromatic heterocycles. The minimum Gasteiger partial charge on any atom is -0.508 e. The van der Waals surface area contributed by atoms with Gasteiger partial charge in [0.05, 0.1) is 7.11 Å². The van der Waals surface area contributed by atoms with E-state index in [0.29, 0.717) is 12.0 Å². The molecule has 0 aliphatic carbocycles. The molecule has 31 heavy (non-hydrogen) atoms. The van der Waals surface area contributed by atoms with Gasteiger partial charge in [0.2, 0.25) is 0 Å². The van der Waals surface area contributed by atoms with Crippen LogP contribution in [0.5, 0.6) is 17.2 Å². The predicted octanol–water partition coefficient (Wildman–Crippen LogP) is 7.87. The van der Waals surface area contributed by atoms with Crippen molar-refractivity contribution in [2.24, 2.45) is 0 Å². The number of hydrogen-bond donors (Lipinski definition) is 2. The van der Waals surface area contributed by atoms with Crippen molar-refractivity contribution in [3.05, 3.63) is 88.4 Å². The van der Waals surface area contributed by atoms with E-state index in [1.807, 2.05) is 52.0 Å². The van der Waals surface area contributed by atoms with Gasteiger partial charge in [-0.1, -0.05) is 57.0 Å². The number of halogens is 3. The third kappa shape index (κ3) is 11.8. The van der Waals surface area contributed by atoms with Crippen molar-refractivity contribution in [3.8, 4) is 17.2 Å². The minimum absolute atomic E-state index is 0.276. The van der Waals surface area contributed by atoms with Crippen LogP contribution < -0.4 is 4.74 Å². The van der Waals surface area contributed by atoms with E-state index in [0.717, 1.165) is 28.5 Å². The Hall–Kier alpha value is -2.79. The van der Waals surface area contributed by atoms with Crippen LogP contribution in [0.25, 0.3) is 0 Å². The maximum absolute atomic E-state index is 12.0. The van der Waals surface area contributed by atoms with Gasteiger partial charge in [0.15, 0.2) is 0 Å². The smallest absolute Gasteiger partial charge is 0.129 e. The van der Waals surface area contributed by atoms with Gasteiger partial charge >= 0.3 is 0 Å². The Labute approximate surface area is 188 Å². The van der Waals surface area contributed by atoms with Crippen molar-refractivity contribution in [3.63, 3.8) is 0 Å². The molecule has 0 heterocycles. The molecule has 3 aromatic rings. The number of ether oxygens (including phenoxy) is 1. The molecule has 3 aromatic carbocycles. The van der Waals surface area contributed by atoms with Crippen molar-refractivity contribution in [2.45, 2.75) is 40.5 Å². The van der Waals surface area contributed by atoms with Crippen molar-refractivity contribution in [1.29, 1.82) is 0 Å². The monoisotopic (exact) mass is 452 g/mol. The molecule has 0 atom stereocenters. The van der Waals surface area contributed by atoms with E-state index in [1.54, 1.807) is 25.3 Å². The number of benzene rings is 3. The molecular formula is C25H31ClF2O3. The van der Waals surface area contributed by atoms with Gasteiger partial charge in [-0.2, -0.15) is 0 Å². The Morgan fingerprint density at radius 2 is 1.32 bits per heavy atom. The first kappa shape index (κ1) is 28.2. The normalized spacial score (nSPS) is 9.35. The molecule has 0 aliphatic heterocycles. The van der Waals surface area contributed by atoms with Crippen LogP contribution in [0, 0.1) is 18.6 Å². The van der Waals surface area contributed by atoms with Crippen LogP contribution in [0.3, 0.4) is 0 Å². The summed E-state index contributed by atoms with van der Waals surface area (Å²) in [6.45, 7) is 10.1. The Morgan fingerprint density at radius 1 is 0.806 bits per heavy atom. The van der Waals surface area contributed by atoms with E-state index in [1.165, 1.54) is 5.56 Å². The second-order valence-corrected chi connectivity index (χ2v) is 6.91. The summed E-state index contributed by atoms with van der Waals surface area (Å²) >= 11 is 5.88. The van der Waals surface area contributed by atoms with Gasteiger partial charge in [-0.15, -0.1) is 0 Å². The van der Waals surface area contributed by atoms with Crippen LogP contribution in [0.2, 0.25) is 5.02 Å². The molecule has 0 unspecified atom stereocenters. The second kappa shape index (κ2) is 15.1. The summed E-state index contributed by atoms with van der Waals surface area (Å²) in [7, 11) is 1.67. The topological polar surface area (TPSA) is 49.7 Å². The molecule has 0 bridgehead atoms. The van der Waals surface area contributed by atoms with E-state index < -0.39 is 17.4 Å². The maximum Gasteiger partial charge on any atom is 0.129 e. The molecule has 6 heteroatoms. The number of rotatable bonds is 2. The van der Waals surface area contributed by atoms with Gasteiger partial charge in [0, 0.05) is 23.2 Å². The van der Waals surface area contributed by atoms with Crippen LogP contribution in [0.1, 0.15) is 44.7 Å². The van der Waals surface area contributed by atoms with Gasteiger partial charge in [0.1, 0.15) is 28.9 Å². The van der Waals surface area contributed by atoms with Gasteiger partial charge in [-0.25, -0.2) is 8.78 Å². The van der Waals surface area contributed by atoms with Crippen LogP contribution in [-0.2, 0) is 0 Å². The molecule has 0 saturated heterocycles. The summed E-state index contributed by atoms with van der Waals surface area (Å²) in [6.07, 6.45) is 0. The molecule has 2 N–H and O–H groups in total. The van der Waals surface area contributed by atoms with Crippen molar-refractivity contribution < 1.29 is 23.7 Å². The van der Waals surface area contributed by atoms with Crippen LogP contribution >= 0.6 is 11.6 Å². The molecule has 0 spiro atoms. The number of aromatic hydroxyl groups is 2. The average molecular weight is 453 g/mol. The van der Waals surface area contributed by atoms with E-state index in [9.17, 15) is 8.78 Å². The summed E-state index contributed by atoms with van der Waals surface area (Å²) in [5.74, 6) is -0.388. The molecule has 3 rings (SSSR count). The third-order valence-electron chi connectivity index (χ3n) is 3.71. The largest absolute Gasteiger partial charge is 0.508 e. The molecule has 0 aliphatic rings. The molecule has 0 amide bonds. The van der Waals surface area contributed by atoms with Gasteiger partial charge < -0.3 is 14.9 Å². The van der Waals surface area contributed by atoms with Crippen LogP contribution in [-0.4, -0.2) is 17.3 Å². The number of methoxy groups -OCH3 is 1. The Bertz CT molecular complexity index is 847. The second-order valence-electron chi connectivity index (χ2n) is 6.51. The van der Waals surface area contributed by atoms with E-state index in [4.69, 9.17) is 26.6 Å². The van der Waals surface area contributed by atoms with Gasteiger partial charge in [0.25, 0.3) is 0 Å². The summed E-state index contributed by atoms with van der Waals surface area (Å²) in [5, 5.41) is 18.4. The molecular weight excluding hydrogens is 422 g/mol. The predicted molar refractivity (Wildman–Crippen MR) is 124 cm³/mol. The highest BCUT2D eigenvalue weighted by Gasteiger charge is 2.04. The average Bonchev–Trinajstić information content (AvgIpc) is 2.72. The third-order valence-corrected chi connectivity index (χ3v) is 4.05. The Kier molecular flexibility index (Phi) is 13.7. The van der Waals surface area contributed by atoms with E-state index >= 15 is 0 Å².